The van der Waals surface area contributed by atoms with Crippen LogP contribution in [0.15, 0.2) is 11.6 Å². The monoisotopic (exact) mass is 255 g/mol. The van der Waals surface area contributed by atoms with E-state index >= 15 is 0 Å². The van der Waals surface area contributed by atoms with Gasteiger partial charge in [0.2, 0.25) is 0 Å². The third-order valence-corrected chi connectivity index (χ3v) is 4.08. The van der Waals surface area contributed by atoms with Gasteiger partial charge in [0, 0.05) is 24.2 Å². The highest BCUT2D eigenvalue weighted by Crippen LogP contribution is 2.34. The molecule has 0 spiro atoms. The van der Waals surface area contributed by atoms with Crippen molar-refractivity contribution >= 4 is 33.7 Å². The number of alkyl halides is 1. The second-order valence-corrected chi connectivity index (χ2v) is 5.23. The molecule has 0 radical (unpaired) electrons. The van der Waals surface area contributed by atoms with Gasteiger partial charge in [0.15, 0.2) is 10.8 Å². The highest BCUT2D eigenvalue weighted by molar-refractivity contribution is 7.15. The molecule has 1 fully saturated rings. The number of rotatable bonds is 4. The Labute approximate surface area is 104 Å². The van der Waals surface area contributed by atoms with E-state index in [0.717, 1.165) is 23.0 Å². The summed E-state index contributed by atoms with van der Waals surface area (Å²) in [5.41, 5.74) is 1.13. The average molecular weight is 256 g/mol. The highest BCUT2D eigenvalue weighted by atomic mass is 35.5. The Morgan fingerprint density at radius 3 is 3.06 bits per heavy atom. The van der Waals surface area contributed by atoms with E-state index in [0.29, 0.717) is 11.9 Å². The minimum atomic E-state index is 0.524. The largest absolute Gasteiger partial charge is 0.352 e. The molecule has 5 heteroatoms. The molecule has 0 unspecified atom stereocenters. The van der Waals surface area contributed by atoms with Gasteiger partial charge in [0.05, 0.1) is 11.6 Å². The molecular formula is C11H14ClN3S. The summed E-state index contributed by atoms with van der Waals surface area (Å²) in [6.07, 6.45) is 4.64. The van der Waals surface area contributed by atoms with Crippen molar-refractivity contribution in [1.82, 2.24) is 9.38 Å². The van der Waals surface area contributed by atoms with E-state index in [9.17, 15) is 0 Å². The van der Waals surface area contributed by atoms with Gasteiger partial charge in [-0.05, 0) is 19.8 Å². The Morgan fingerprint density at radius 2 is 2.44 bits per heavy atom. The molecule has 16 heavy (non-hydrogen) atoms. The van der Waals surface area contributed by atoms with Gasteiger partial charge >= 0.3 is 0 Å². The highest BCUT2D eigenvalue weighted by Gasteiger charge is 2.31. The topological polar surface area (TPSA) is 20.5 Å². The molecule has 0 aliphatic heterocycles. The Balaban J connectivity index is 2.09. The summed E-state index contributed by atoms with van der Waals surface area (Å²) < 4.78 is 2.11. The minimum absolute atomic E-state index is 0.524. The Kier molecular flexibility index (Phi) is 2.56. The number of aromatic nitrogens is 2. The number of hydrogen-bond acceptors (Lipinski definition) is 3. The summed E-state index contributed by atoms with van der Waals surface area (Å²) >= 11 is 7.72. The fraction of sp³-hybridized carbons (Fsp3) is 0.545. The van der Waals surface area contributed by atoms with Gasteiger partial charge in [-0.25, -0.2) is 4.98 Å². The van der Waals surface area contributed by atoms with Crippen LogP contribution in [0, 0.1) is 0 Å². The quantitative estimate of drug-likeness (QED) is 0.783. The average Bonchev–Trinajstić information content (AvgIpc) is 2.90. The van der Waals surface area contributed by atoms with E-state index in [-0.39, 0.29) is 0 Å². The van der Waals surface area contributed by atoms with Crippen LogP contribution >= 0.6 is 22.9 Å². The molecule has 1 aliphatic rings. The number of anilines is 1. The van der Waals surface area contributed by atoms with Crippen molar-refractivity contribution in [1.29, 1.82) is 0 Å². The van der Waals surface area contributed by atoms with Crippen molar-refractivity contribution in [3.63, 3.8) is 0 Å². The number of halogens is 1. The van der Waals surface area contributed by atoms with E-state index in [2.05, 4.69) is 27.8 Å². The second-order valence-electron chi connectivity index (χ2n) is 4.09. The fourth-order valence-electron chi connectivity index (χ4n) is 2.14. The van der Waals surface area contributed by atoms with Crippen LogP contribution in [0.3, 0.4) is 0 Å². The number of imidazole rings is 1. The van der Waals surface area contributed by atoms with Crippen LogP contribution in [0.25, 0.3) is 4.96 Å². The van der Waals surface area contributed by atoms with Crippen LogP contribution in [0.1, 0.15) is 25.5 Å². The molecule has 0 saturated heterocycles. The lowest BCUT2D eigenvalue weighted by Crippen LogP contribution is -2.26. The number of thiazole rings is 1. The van der Waals surface area contributed by atoms with Crippen molar-refractivity contribution in [3.8, 4) is 0 Å². The first-order valence-electron chi connectivity index (χ1n) is 5.62. The Bertz CT molecular complexity index is 500. The molecular weight excluding hydrogens is 242 g/mol. The van der Waals surface area contributed by atoms with Gasteiger partial charge in [-0.2, -0.15) is 0 Å². The van der Waals surface area contributed by atoms with Crippen LogP contribution < -0.4 is 4.90 Å². The molecule has 2 heterocycles. The molecule has 0 bridgehead atoms. The molecule has 3 rings (SSSR count). The molecule has 2 aromatic heterocycles. The maximum Gasteiger partial charge on any atom is 0.195 e. The Morgan fingerprint density at radius 1 is 1.62 bits per heavy atom. The third kappa shape index (κ3) is 1.52. The van der Waals surface area contributed by atoms with Gasteiger partial charge in [0.25, 0.3) is 0 Å². The standard InChI is InChI=1S/C11H14ClN3S/c1-2-14(8-3-4-8)10-9(7-12)15-5-6-16-11(15)13-10/h5-6,8H,2-4,7H2,1H3. The van der Waals surface area contributed by atoms with Crippen molar-refractivity contribution in [3.05, 3.63) is 17.3 Å². The van der Waals surface area contributed by atoms with E-state index in [1.54, 1.807) is 11.3 Å². The van der Waals surface area contributed by atoms with Crippen LogP contribution in [0.4, 0.5) is 5.82 Å². The van der Waals surface area contributed by atoms with Gasteiger partial charge in [-0.15, -0.1) is 22.9 Å². The van der Waals surface area contributed by atoms with Crippen LogP contribution in [0.5, 0.6) is 0 Å². The zero-order valence-electron chi connectivity index (χ0n) is 9.19. The second kappa shape index (κ2) is 3.93. The van der Waals surface area contributed by atoms with Gasteiger partial charge in [-0.1, -0.05) is 0 Å². The molecule has 3 nitrogen and oxygen atoms in total. The lowest BCUT2D eigenvalue weighted by Gasteiger charge is -2.20. The summed E-state index contributed by atoms with van der Waals surface area (Å²) in [6.45, 7) is 3.20. The first-order valence-corrected chi connectivity index (χ1v) is 7.03. The molecule has 2 aromatic rings. The lowest BCUT2D eigenvalue weighted by atomic mass is 10.4. The van der Waals surface area contributed by atoms with Crippen molar-refractivity contribution in [2.75, 3.05) is 11.4 Å². The molecule has 0 N–H and O–H groups in total. The molecule has 0 aromatic carbocycles. The van der Waals surface area contributed by atoms with Crippen molar-refractivity contribution in [2.24, 2.45) is 0 Å². The summed E-state index contributed by atoms with van der Waals surface area (Å²) in [4.78, 5) is 8.13. The lowest BCUT2D eigenvalue weighted by molar-refractivity contribution is 0.806. The predicted molar refractivity (Wildman–Crippen MR) is 68.7 cm³/mol. The van der Waals surface area contributed by atoms with Gasteiger partial charge in [0.1, 0.15) is 0 Å². The van der Waals surface area contributed by atoms with E-state index in [1.165, 1.54) is 12.8 Å². The van der Waals surface area contributed by atoms with Crippen LogP contribution in [-0.4, -0.2) is 22.0 Å². The zero-order chi connectivity index (χ0) is 11.1. The third-order valence-electron chi connectivity index (χ3n) is 3.07. The SMILES string of the molecule is CCN(c1nc2sccn2c1CCl)C1CC1. The van der Waals surface area contributed by atoms with Crippen LogP contribution in [-0.2, 0) is 5.88 Å². The number of nitrogens with zero attached hydrogens (tertiary/aromatic N) is 3. The molecule has 86 valence electrons. The number of fused-ring (bicyclic) bond motifs is 1. The van der Waals surface area contributed by atoms with E-state index in [4.69, 9.17) is 16.6 Å². The maximum atomic E-state index is 6.05. The summed E-state index contributed by atoms with van der Waals surface area (Å²) in [5.74, 6) is 1.61. The Hall–Kier alpha value is -0.740. The molecule has 0 amide bonds. The first kappa shape index (κ1) is 10.4. The molecule has 1 saturated carbocycles. The molecule has 0 atom stereocenters. The van der Waals surface area contributed by atoms with Crippen LogP contribution in [0.2, 0.25) is 0 Å². The van der Waals surface area contributed by atoms with E-state index < -0.39 is 0 Å². The zero-order valence-corrected chi connectivity index (χ0v) is 10.8. The van der Waals surface area contributed by atoms with E-state index in [1.807, 2.05) is 0 Å². The summed E-state index contributed by atoms with van der Waals surface area (Å²) in [5, 5.41) is 2.05. The van der Waals surface area contributed by atoms with Gasteiger partial charge < -0.3 is 4.90 Å². The summed E-state index contributed by atoms with van der Waals surface area (Å²) in [7, 11) is 0. The fourth-order valence-corrected chi connectivity index (χ4v) is 3.12. The van der Waals surface area contributed by atoms with Crippen molar-refractivity contribution < 1.29 is 0 Å². The number of hydrogen-bond donors (Lipinski definition) is 0. The smallest absolute Gasteiger partial charge is 0.195 e. The summed E-state index contributed by atoms with van der Waals surface area (Å²) in [6, 6.07) is 0.691. The normalized spacial score (nSPS) is 15.9. The van der Waals surface area contributed by atoms with Crippen molar-refractivity contribution in [2.45, 2.75) is 31.7 Å². The maximum absolute atomic E-state index is 6.05. The predicted octanol–water partition coefficient (Wildman–Crippen LogP) is 3.12. The first-order chi connectivity index (χ1) is 7.85. The minimum Gasteiger partial charge on any atom is -0.352 e. The van der Waals surface area contributed by atoms with Gasteiger partial charge in [-0.3, -0.25) is 4.40 Å². The molecule has 1 aliphatic carbocycles.